The third kappa shape index (κ3) is 1.34. The second-order valence-corrected chi connectivity index (χ2v) is 3.30. The smallest absolute Gasteiger partial charge is 0.227 e. The minimum Gasteiger partial charge on any atom is -0.360 e. The van der Waals surface area contributed by atoms with Gasteiger partial charge in [-0.1, -0.05) is 6.07 Å². The molecule has 0 saturated heterocycles. The van der Waals surface area contributed by atoms with Gasteiger partial charge in [-0.2, -0.15) is 0 Å². The number of aryl methyl sites for hydroxylation is 1. The van der Waals surface area contributed by atoms with Crippen LogP contribution in [0.5, 0.6) is 0 Å². The monoisotopic (exact) mass is 205 g/mol. The molecule has 0 unspecified atom stereocenters. The molecule has 76 valence electrons. The Morgan fingerprint density at radius 1 is 1.47 bits per heavy atom. The summed E-state index contributed by atoms with van der Waals surface area (Å²) < 4.78 is 13.5. The fourth-order valence-corrected chi connectivity index (χ4v) is 1.61. The zero-order valence-corrected chi connectivity index (χ0v) is 8.00. The second-order valence-electron chi connectivity index (χ2n) is 3.30. The number of hydrogen-bond acceptors (Lipinski definition) is 2. The van der Waals surface area contributed by atoms with Crippen molar-refractivity contribution in [2.24, 2.45) is 0 Å². The number of H-pyrrole nitrogens is 1. The van der Waals surface area contributed by atoms with Crippen molar-refractivity contribution < 1.29 is 14.0 Å². The normalized spacial score (nSPS) is 10.5. The Kier molecular flexibility index (Phi) is 2.11. The van der Waals surface area contributed by atoms with Gasteiger partial charge in [-0.05, 0) is 18.6 Å². The zero-order valence-electron chi connectivity index (χ0n) is 8.00. The summed E-state index contributed by atoms with van der Waals surface area (Å²) in [7, 11) is 0. The number of nitrogens with one attached hydrogen (secondary N) is 1. The van der Waals surface area contributed by atoms with Gasteiger partial charge in [0.15, 0.2) is 6.29 Å². The molecule has 15 heavy (non-hydrogen) atoms. The fraction of sp³-hybridized carbons (Fsp3) is 0.0909. The minimum atomic E-state index is -0.717. The number of fused-ring (bicyclic) bond motifs is 1. The van der Waals surface area contributed by atoms with Crippen molar-refractivity contribution >= 4 is 23.0 Å². The fourth-order valence-electron chi connectivity index (χ4n) is 1.61. The number of aromatic nitrogens is 1. The van der Waals surface area contributed by atoms with Crippen LogP contribution in [-0.4, -0.2) is 17.1 Å². The van der Waals surface area contributed by atoms with Gasteiger partial charge in [0, 0.05) is 11.6 Å². The highest BCUT2D eigenvalue weighted by atomic mass is 19.1. The Bertz CT molecular complexity index is 557. The van der Waals surface area contributed by atoms with Gasteiger partial charge in [-0.15, -0.1) is 0 Å². The summed E-state index contributed by atoms with van der Waals surface area (Å²) in [5, 5.41) is 0.187. The number of aromatic amines is 1. The Labute approximate surface area is 84.9 Å². The predicted octanol–water partition coefficient (Wildman–Crippen LogP) is 2.00. The number of ketones is 1. The highest BCUT2D eigenvalue weighted by molar-refractivity contribution is 6.36. The van der Waals surface area contributed by atoms with Gasteiger partial charge in [0.2, 0.25) is 5.78 Å². The third-order valence-electron chi connectivity index (χ3n) is 2.37. The second kappa shape index (κ2) is 3.31. The number of hydrogen-bond donors (Lipinski definition) is 1. The Balaban J connectivity index is 2.84. The summed E-state index contributed by atoms with van der Waals surface area (Å²) >= 11 is 0. The van der Waals surface area contributed by atoms with Crippen LogP contribution in [0.1, 0.15) is 15.9 Å². The van der Waals surface area contributed by atoms with E-state index in [1.807, 2.05) is 0 Å². The van der Waals surface area contributed by atoms with Crippen LogP contribution in [0.4, 0.5) is 4.39 Å². The van der Waals surface area contributed by atoms with Crippen molar-refractivity contribution in [2.45, 2.75) is 6.92 Å². The lowest BCUT2D eigenvalue weighted by Crippen LogP contribution is -1.99. The topological polar surface area (TPSA) is 49.9 Å². The average Bonchev–Trinajstić information content (AvgIpc) is 2.68. The van der Waals surface area contributed by atoms with Gasteiger partial charge in [0.25, 0.3) is 0 Å². The molecule has 2 rings (SSSR count). The van der Waals surface area contributed by atoms with E-state index in [-0.39, 0.29) is 17.2 Å². The van der Waals surface area contributed by atoms with Crippen molar-refractivity contribution in [1.82, 2.24) is 4.98 Å². The van der Waals surface area contributed by atoms with E-state index in [1.54, 1.807) is 13.0 Å². The molecule has 2 aromatic rings. The molecule has 4 heteroatoms. The van der Waals surface area contributed by atoms with Crippen LogP contribution in [0.15, 0.2) is 18.3 Å². The van der Waals surface area contributed by atoms with Crippen molar-refractivity contribution in [1.29, 1.82) is 0 Å². The van der Waals surface area contributed by atoms with Gasteiger partial charge < -0.3 is 4.98 Å². The Hall–Kier alpha value is -1.97. The maximum absolute atomic E-state index is 13.5. The maximum atomic E-state index is 13.5. The van der Waals surface area contributed by atoms with E-state index >= 15 is 0 Å². The molecule has 0 aliphatic heterocycles. The first kappa shape index (κ1) is 9.58. The molecular weight excluding hydrogens is 197 g/mol. The summed E-state index contributed by atoms with van der Waals surface area (Å²) in [6.07, 6.45) is 1.54. The molecule has 3 nitrogen and oxygen atoms in total. The molecule has 1 aromatic heterocycles. The SMILES string of the molecule is Cc1ccc(F)c2c(C(=O)C=O)c[nH]c12. The van der Waals surface area contributed by atoms with Crippen LogP contribution in [0.25, 0.3) is 10.9 Å². The quantitative estimate of drug-likeness (QED) is 0.463. The van der Waals surface area contributed by atoms with Crippen molar-refractivity contribution in [3.05, 3.63) is 35.3 Å². The molecule has 0 fully saturated rings. The molecule has 0 aliphatic carbocycles. The first-order valence-corrected chi connectivity index (χ1v) is 4.41. The molecule has 0 atom stereocenters. The van der Waals surface area contributed by atoms with E-state index in [4.69, 9.17) is 0 Å². The van der Waals surface area contributed by atoms with Gasteiger partial charge in [-0.3, -0.25) is 9.59 Å². The Morgan fingerprint density at radius 2 is 2.20 bits per heavy atom. The molecule has 1 aromatic carbocycles. The number of aldehydes is 1. The molecular formula is C11H8FNO2. The lowest BCUT2D eigenvalue weighted by atomic mass is 10.1. The molecule has 1 N–H and O–H groups in total. The molecule has 0 bridgehead atoms. The molecule has 0 radical (unpaired) electrons. The summed E-state index contributed by atoms with van der Waals surface area (Å²) in [4.78, 5) is 24.3. The van der Waals surface area contributed by atoms with Crippen LogP contribution in [0, 0.1) is 12.7 Å². The van der Waals surface area contributed by atoms with Crippen LogP contribution in [-0.2, 0) is 4.79 Å². The predicted molar refractivity (Wildman–Crippen MR) is 53.4 cm³/mol. The average molecular weight is 205 g/mol. The first-order chi connectivity index (χ1) is 7.15. The van der Waals surface area contributed by atoms with Crippen molar-refractivity contribution in [2.75, 3.05) is 0 Å². The lowest BCUT2D eigenvalue weighted by molar-refractivity contribution is -0.104. The van der Waals surface area contributed by atoms with Crippen molar-refractivity contribution in [3.63, 3.8) is 0 Å². The largest absolute Gasteiger partial charge is 0.360 e. The lowest BCUT2D eigenvalue weighted by Gasteiger charge is -1.98. The highest BCUT2D eigenvalue weighted by Gasteiger charge is 2.15. The van der Waals surface area contributed by atoms with Crippen LogP contribution >= 0.6 is 0 Å². The Morgan fingerprint density at radius 3 is 2.87 bits per heavy atom. The number of rotatable bonds is 2. The van der Waals surface area contributed by atoms with Crippen LogP contribution in [0.2, 0.25) is 0 Å². The van der Waals surface area contributed by atoms with E-state index in [0.717, 1.165) is 5.56 Å². The van der Waals surface area contributed by atoms with Gasteiger partial charge >= 0.3 is 0 Å². The maximum Gasteiger partial charge on any atom is 0.227 e. The van der Waals surface area contributed by atoms with E-state index < -0.39 is 11.6 Å². The van der Waals surface area contributed by atoms with Gasteiger partial charge in [0.05, 0.1) is 11.1 Å². The zero-order chi connectivity index (χ0) is 11.0. The highest BCUT2D eigenvalue weighted by Crippen LogP contribution is 2.24. The number of benzene rings is 1. The number of Topliss-reactive ketones (excluding diaryl/α,β-unsaturated/α-hetero) is 1. The number of carbonyl (C=O) groups is 2. The summed E-state index contributed by atoms with van der Waals surface area (Å²) in [6, 6.07) is 2.90. The van der Waals surface area contributed by atoms with E-state index in [1.165, 1.54) is 12.3 Å². The first-order valence-electron chi connectivity index (χ1n) is 4.41. The van der Waals surface area contributed by atoms with E-state index in [0.29, 0.717) is 5.52 Å². The van der Waals surface area contributed by atoms with Gasteiger partial charge in [0.1, 0.15) is 5.82 Å². The van der Waals surface area contributed by atoms with Crippen LogP contribution in [0.3, 0.4) is 0 Å². The standard InChI is InChI=1S/C11H8FNO2/c1-6-2-3-8(12)10-7(9(15)5-14)4-13-11(6)10/h2-5,13H,1H3. The molecule has 0 aliphatic rings. The minimum absolute atomic E-state index is 0.0844. The van der Waals surface area contributed by atoms with E-state index in [9.17, 15) is 14.0 Å². The summed E-state index contributed by atoms with van der Waals surface area (Å²) in [6.45, 7) is 1.80. The van der Waals surface area contributed by atoms with E-state index in [2.05, 4.69) is 4.98 Å². The molecule has 0 saturated carbocycles. The number of carbonyl (C=O) groups excluding carboxylic acids is 2. The van der Waals surface area contributed by atoms with Crippen molar-refractivity contribution in [3.8, 4) is 0 Å². The molecule has 0 spiro atoms. The summed E-state index contributed by atoms with van der Waals surface area (Å²) in [5.74, 6) is -1.22. The molecule has 1 heterocycles. The van der Waals surface area contributed by atoms with Crippen LogP contribution < -0.4 is 0 Å². The summed E-state index contributed by atoms with van der Waals surface area (Å²) in [5.41, 5.74) is 1.47. The van der Waals surface area contributed by atoms with Gasteiger partial charge in [-0.25, -0.2) is 4.39 Å². The third-order valence-corrected chi connectivity index (χ3v) is 2.37. The molecule has 0 amide bonds. The number of halogens is 1.